The summed E-state index contributed by atoms with van der Waals surface area (Å²) in [7, 11) is 0. The second-order valence-electron chi connectivity index (χ2n) is 5.90. The van der Waals surface area contributed by atoms with Gasteiger partial charge in [0.25, 0.3) is 0 Å². The predicted octanol–water partition coefficient (Wildman–Crippen LogP) is 2.83. The van der Waals surface area contributed by atoms with Crippen LogP contribution in [0.15, 0.2) is 30.6 Å². The highest BCUT2D eigenvalue weighted by Crippen LogP contribution is 2.24. The van der Waals surface area contributed by atoms with Crippen LogP contribution in [-0.4, -0.2) is 33.8 Å². The van der Waals surface area contributed by atoms with Gasteiger partial charge >= 0.3 is 0 Å². The van der Waals surface area contributed by atoms with Gasteiger partial charge < -0.3 is 4.90 Å². The highest BCUT2D eigenvalue weighted by molar-refractivity contribution is 5.80. The number of carbonyl (C=O) groups is 1. The Hall–Kier alpha value is -2.30. The third kappa shape index (κ3) is 3.13. The summed E-state index contributed by atoms with van der Waals surface area (Å²) in [5, 5.41) is 0. The summed E-state index contributed by atoms with van der Waals surface area (Å²) in [5.74, 6) is 2.27. The summed E-state index contributed by atoms with van der Waals surface area (Å²) in [6, 6.07) is 5.90. The molecule has 0 bridgehead atoms. The third-order valence-corrected chi connectivity index (χ3v) is 3.89. The van der Waals surface area contributed by atoms with E-state index in [9.17, 15) is 4.79 Å². The van der Waals surface area contributed by atoms with Crippen LogP contribution in [-0.2, 0) is 4.79 Å². The van der Waals surface area contributed by atoms with Gasteiger partial charge in [-0.2, -0.15) is 0 Å². The Morgan fingerprint density at radius 2 is 1.95 bits per heavy atom. The average Bonchev–Trinajstić information content (AvgIpc) is 2.56. The molecule has 22 heavy (non-hydrogen) atoms. The molecule has 5 nitrogen and oxygen atoms in total. The van der Waals surface area contributed by atoms with E-state index in [2.05, 4.69) is 28.7 Å². The molecule has 0 atom stereocenters. The molecule has 0 aliphatic carbocycles. The first-order valence-electron chi connectivity index (χ1n) is 7.69. The van der Waals surface area contributed by atoms with E-state index in [0.29, 0.717) is 30.4 Å². The maximum Gasteiger partial charge on any atom is 0.163 e. The summed E-state index contributed by atoms with van der Waals surface area (Å²) in [6.07, 6.45) is 4.72. The summed E-state index contributed by atoms with van der Waals surface area (Å²) in [4.78, 5) is 27.1. The standard InChI is InChI=1S/C17H20N4O/c1-12(2)15-10-16(21-8-5-14(22)6-9-21)20-17(19-15)13-4-3-7-18-11-13/h3-4,7,10-12H,5-6,8-9H2,1-2H3. The number of carbonyl (C=O) groups excluding carboxylic acids is 1. The van der Waals surface area contributed by atoms with Crippen LogP contribution in [0, 0.1) is 0 Å². The molecule has 0 unspecified atom stereocenters. The first kappa shape index (κ1) is 14.6. The number of pyridine rings is 1. The van der Waals surface area contributed by atoms with Crippen LogP contribution < -0.4 is 4.90 Å². The monoisotopic (exact) mass is 296 g/mol. The summed E-state index contributed by atoms with van der Waals surface area (Å²) < 4.78 is 0. The van der Waals surface area contributed by atoms with Crippen LogP contribution in [0.2, 0.25) is 0 Å². The number of hydrogen-bond donors (Lipinski definition) is 0. The molecule has 2 aromatic heterocycles. The van der Waals surface area contributed by atoms with Gasteiger partial charge in [0, 0.05) is 55.6 Å². The van der Waals surface area contributed by atoms with Gasteiger partial charge in [-0.05, 0) is 18.1 Å². The smallest absolute Gasteiger partial charge is 0.163 e. The molecule has 0 saturated carbocycles. The zero-order chi connectivity index (χ0) is 15.5. The molecule has 0 aromatic carbocycles. The van der Waals surface area contributed by atoms with Crippen LogP contribution in [0.25, 0.3) is 11.4 Å². The Morgan fingerprint density at radius 3 is 2.59 bits per heavy atom. The predicted molar refractivity (Wildman–Crippen MR) is 85.8 cm³/mol. The Balaban J connectivity index is 1.99. The van der Waals surface area contributed by atoms with E-state index in [1.165, 1.54) is 0 Å². The molecule has 3 heterocycles. The first-order chi connectivity index (χ1) is 10.6. The molecular formula is C17H20N4O. The zero-order valence-corrected chi connectivity index (χ0v) is 13.0. The number of hydrogen-bond acceptors (Lipinski definition) is 5. The highest BCUT2D eigenvalue weighted by Gasteiger charge is 2.19. The molecule has 2 aromatic rings. The summed E-state index contributed by atoms with van der Waals surface area (Å²) >= 11 is 0. The van der Waals surface area contributed by atoms with Gasteiger partial charge in [0.15, 0.2) is 5.82 Å². The molecule has 0 N–H and O–H groups in total. The van der Waals surface area contributed by atoms with Crippen LogP contribution in [0.1, 0.15) is 38.3 Å². The molecule has 3 rings (SSSR count). The minimum absolute atomic E-state index is 0.323. The number of Topliss-reactive ketones (excluding diaryl/α,β-unsaturated/α-hetero) is 1. The van der Waals surface area contributed by atoms with Crippen LogP contribution in [0.5, 0.6) is 0 Å². The Labute approximate surface area is 130 Å². The van der Waals surface area contributed by atoms with E-state index in [1.54, 1.807) is 12.4 Å². The fourth-order valence-corrected chi connectivity index (χ4v) is 2.52. The van der Waals surface area contributed by atoms with Gasteiger partial charge in [-0.3, -0.25) is 9.78 Å². The fraction of sp³-hybridized carbons (Fsp3) is 0.412. The van der Waals surface area contributed by atoms with Crippen molar-refractivity contribution in [1.29, 1.82) is 0 Å². The van der Waals surface area contributed by atoms with Gasteiger partial charge in [0.2, 0.25) is 0 Å². The minimum Gasteiger partial charge on any atom is -0.356 e. The lowest BCUT2D eigenvalue weighted by atomic mass is 10.1. The Bertz CT molecular complexity index is 660. The SMILES string of the molecule is CC(C)c1cc(N2CCC(=O)CC2)nc(-c2cccnc2)n1. The second-order valence-corrected chi connectivity index (χ2v) is 5.90. The topological polar surface area (TPSA) is 59.0 Å². The Kier molecular flexibility index (Phi) is 4.13. The maximum absolute atomic E-state index is 11.4. The minimum atomic E-state index is 0.323. The third-order valence-electron chi connectivity index (χ3n) is 3.89. The zero-order valence-electron chi connectivity index (χ0n) is 13.0. The number of nitrogens with zero attached hydrogens (tertiary/aromatic N) is 4. The normalized spacial score (nSPS) is 15.4. The molecule has 1 aliphatic heterocycles. The largest absolute Gasteiger partial charge is 0.356 e. The van der Waals surface area contributed by atoms with E-state index in [0.717, 1.165) is 30.2 Å². The van der Waals surface area contributed by atoms with Crippen molar-refractivity contribution in [3.8, 4) is 11.4 Å². The molecule has 0 radical (unpaired) electrons. The van der Waals surface area contributed by atoms with Gasteiger partial charge in [0.05, 0.1) is 0 Å². The van der Waals surface area contributed by atoms with Crippen LogP contribution in [0.3, 0.4) is 0 Å². The van der Waals surface area contributed by atoms with Crippen molar-refractivity contribution < 1.29 is 4.79 Å². The lowest BCUT2D eigenvalue weighted by Gasteiger charge is -2.27. The van der Waals surface area contributed by atoms with E-state index < -0.39 is 0 Å². The highest BCUT2D eigenvalue weighted by atomic mass is 16.1. The van der Waals surface area contributed by atoms with Gasteiger partial charge in [-0.25, -0.2) is 9.97 Å². The molecule has 5 heteroatoms. The van der Waals surface area contributed by atoms with E-state index in [-0.39, 0.29) is 0 Å². The molecule has 1 aliphatic rings. The number of aromatic nitrogens is 3. The van der Waals surface area contributed by atoms with Crippen molar-refractivity contribution in [3.63, 3.8) is 0 Å². The molecular weight excluding hydrogens is 276 g/mol. The second kappa shape index (κ2) is 6.22. The quantitative estimate of drug-likeness (QED) is 0.871. The van der Waals surface area contributed by atoms with E-state index >= 15 is 0 Å². The van der Waals surface area contributed by atoms with Gasteiger partial charge in [-0.1, -0.05) is 13.8 Å². The fourth-order valence-electron chi connectivity index (χ4n) is 2.52. The molecule has 1 fully saturated rings. The lowest BCUT2D eigenvalue weighted by Crippen LogP contribution is -2.34. The molecule has 0 spiro atoms. The van der Waals surface area contributed by atoms with E-state index in [4.69, 9.17) is 4.98 Å². The van der Waals surface area contributed by atoms with Crippen molar-refractivity contribution >= 4 is 11.6 Å². The maximum atomic E-state index is 11.4. The van der Waals surface area contributed by atoms with E-state index in [1.807, 2.05) is 18.2 Å². The van der Waals surface area contributed by atoms with Crippen LogP contribution >= 0.6 is 0 Å². The molecule has 1 saturated heterocycles. The first-order valence-corrected chi connectivity index (χ1v) is 7.69. The summed E-state index contributed by atoms with van der Waals surface area (Å²) in [6.45, 7) is 5.72. The molecule has 114 valence electrons. The van der Waals surface area contributed by atoms with Crippen molar-refractivity contribution in [2.24, 2.45) is 0 Å². The van der Waals surface area contributed by atoms with Crippen molar-refractivity contribution in [3.05, 3.63) is 36.3 Å². The van der Waals surface area contributed by atoms with Crippen molar-refractivity contribution in [2.75, 3.05) is 18.0 Å². The average molecular weight is 296 g/mol. The summed E-state index contributed by atoms with van der Waals surface area (Å²) in [5.41, 5.74) is 1.93. The number of rotatable bonds is 3. The number of ketones is 1. The van der Waals surface area contributed by atoms with Gasteiger partial charge in [-0.15, -0.1) is 0 Å². The van der Waals surface area contributed by atoms with Crippen molar-refractivity contribution in [2.45, 2.75) is 32.6 Å². The number of piperidine rings is 1. The Morgan fingerprint density at radius 1 is 1.18 bits per heavy atom. The van der Waals surface area contributed by atoms with Crippen molar-refractivity contribution in [1.82, 2.24) is 15.0 Å². The van der Waals surface area contributed by atoms with Crippen LogP contribution in [0.4, 0.5) is 5.82 Å². The molecule has 0 amide bonds. The van der Waals surface area contributed by atoms with Gasteiger partial charge in [0.1, 0.15) is 11.6 Å². The number of anilines is 1. The lowest BCUT2D eigenvalue weighted by molar-refractivity contribution is -0.119.